The summed E-state index contributed by atoms with van der Waals surface area (Å²) in [6.45, 7) is 6.12. The van der Waals surface area contributed by atoms with Crippen LogP contribution in [0.4, 0.5) is 5.95 Å². The van der Waals surface area contributed by atoms with Gasteiger partial charge in [0.2, 0.25) is 5.95 Å². The summed E-state index contributed by atoms with van der Waals surface area (Å²) < 4.78 is 1.93. The van der Waals surface area contributed by atoms with Gasteiger partial charge in [-0.25, -0.2) is 4.68 Å². The van der Waals surface area contributed by atoms with E-state index in [0.717, 1.165) is 24.9 Å². The van der Waals surface area contributed by atoms with Gasteiger partial charge in [0.05, 0.1) is 6.54 Å². The van der Waals surface area contributed by atoms with E-state index in [0.29, 0.717) is 5.92 Å². The standard InChI is InChI=1S/C7H12N4/c1-5(2)6-9-7-8-3-4-11(7)10-6/h5H,3-4H2,1-2H3,(H,8,9,10). The molecule has 0 fully saturated rings. The van der Waals surface area contributed by atoms with Crippen LogP contribution >= 0.6 is 0 Å². The third kappa shape index (κ3) is 0.982. The van der Waals surface area contributed by atoms with Crippen LogP contribution in [0.15, 0.2) is 0 Å². The minimum absolute atomic E-state index is 0.426. The number of fused-ring (bicyclic) bond motifs is 1. The topological polar surface area (TPSA) is 42.7 Å². The fourth-order valence-electron chi connectivity index (χ4n) is 1.16. The molecule has 0 spiro atoms. The van der Waals surface area contributed by atoms with E-state index in [2.05, 4.69) is 29.2 Å². The van der Waals surface area contributed by atoms with Crippen LogP contribution < -0.4 is 5.32 Å². The lowest BCUT2D eigenvalue weighted by Crippen LogP contribution is -2.00. The van der Waals surface area contributed by atoms with E-state index in [1.54, 1.807) is 0 Å². The molecule has 1 aromatic rings. The lowest BCUT2D eigenvalue weighted by molar-refractivity contribution is 0.659. The Bertz CT molecular complexity index is 242. The van der Waals surface area contributed by atoms with E-state index in [1.165, 1.54) is 0 Å². The smallest absolute Gasteiger partial charge is 0.221 e. The van der Waals surface area contributed by atoms with Crippen molar-refractivity contribution in [1.82, 2.24) is 14.8 Å². The van der Waals surface area contributed by atoms with Crippen molar-refractivity contribution in [3.05, 3.63) is 5.82 Å². The van der Waals surface area contributed by atoms with Crippen molar-refractivity contribution in [3.8, 4) is 0 Å². The number of anilines is 1. The van der Waals surface area contributed by atoms with Crippen LogP contribution in [-0.2, 0) is 6.54 Å². The summed E-state index contributed by atoms with van der Waals surface area (Å²) in [6, 6.07) is 0. The molecule has 0 unspecified atom stereocenters. The maximum atomic E-state index is 4.33. The zero-order chi connectivity index (χ0) is 7.84. The van der Waals surface area contributed by atoms with Crippen LogP contribution in [0.25, 0.3) is 0 Å². The second kappa shape index (κ2) is 2.22. The van der Waals surface area contributed by atoms with E-state index >= 15 is 0 Å². The van der Waals surface area contributed by atoms with Crippen molar-refractivity contribution < 1.29 is 0 Å². The lowest BCUT2D eigenvalue weighted by atomic mass is 10.2. The highest BCUT2D eigenvalue weighted by molar-refractivity contribution is 5.28. The second-order valence-electron chi connectivity index (χ2n) is 3.10. The average Bonchev–Trinajstić information content (AvgIpc) is 2.40. The molecule has 1 aliphatic rings. The summed E-state index contributed by atoms with van der Waals surface area (Å²) in [5.41, 5.74) is 0. The van der Waals surface area contributed by atoms with Crippen molar-refractivity contribution >= 4 is 5.95 Å². The molecule has 60 valence electrons. The van der Waals surface area contributed by atoms with Crippen LogP contribution in [0.1, 0.15) is 25.6 Å². The SMILES string of the molecule is CC(C)c1nc2n(n1)CCN2. The molecule has 4 heteroatoms. The largest absolute Gasteiger partial charge is 0.353 e. The van der Waals surface area contributed by atoms with Gasteiger partial charge in [-0.2, -0.15) is 10.1 Å². The van der Waals surface area contributed by atoms with Gasteiger partial charge in [0.25, 0.3) is 0 Å². The summed E-state index contributed by atoms with van der Waals surface area (Å²) in [6.07, 6.45) is 0. The van der Waals surface area contributed by atoms with Crippen LogP contribution in [0.5, 0.6) is 0 Å². The quantitative estimate of drug-likeness (QED) is 0.648. The minimum Gasteiger partial charge on any atom is -0.353 e. The number of aromatic nitrogens is 3. The molecule has 0 radical (unpaired) electrons. The molecule has 1 aromatic heterocycles. The third-order valence-electron chi connectivity index (χ3n) is 1.81. The van der Waals surface area contributed by atoms with Crippen LogP contribution in [0, 0.1) is 0 Å². The summed E-state index contributed by atoms with van der Waals surface area (Å²) >= 11 is 0. The average molecular weight is 152 g/mol. The Morgan fingerprint density at radius 2 is 2.36 bits per heavy atom. The summed E-state index contributed by atoms with van der Waals surface area (Å²) in [7, 11) is 0. The van der Waals surface area contributed by atoms with Gasteiger partial charge in [0.1, 0.15) is 0 Å². The van der Waals surface area contributed by atoms with E-state index in [9.17, 15) is 0 Å². The minimum atomic E-state index is 0.426. The molecule has 2 heterocycles. The fraction of sp³-hybridized carbons (Fsp3) is 0.714. The van der Waals surface area contributed by atoms with Gasteiger partial charge >= 0.3 is 0 Å². The van der Waals surface area contributed by atoms with Gasteiger partial charge in [-0.05, 0) is 0 Å². The van der Waals surface area contributed by atoms with Crippen LogP contribution in [-0.4, -0.2) is 21.3 Å². The predicted octanol–water partition coefficient (Wildman–Crippen LogP) is 0.827. The van der Waals surface area contributed by atoms with E-state index in [1.807, 2.05) is 4.68 Å². The van der Waals surface area contributed by atoms with Crippen molar-refractivity contribution in [2.75, 3.05) is 11.9 Å². The molecule has 0 atom stereocenters. The second-order valence-corrected chi connectivity index (χ2v) is 3.10. The molecule has 1 aliphatic heterocycles. The zero-order valence-electron chi connectivity index (χ0n) is 6.83. The number of nitrogens with one attached hydrogen (secondary N) is 1. The number of rotatable bonds is 1. The van der Waals surface area contributed by atoms with Crippen molar-refractivity contribution in [2.45, 2.75) is 26.3 Å². The normalized spacial score (nSPS) is 15.2. The molecular weight excluding hydrogens is 140 g/mol. The van der Waals surface area contributed by atoms with Gasteiger partial charge < -0.3 is 5.32 Å². The van der Waals surface area contributed by atoms with Gasteiger partial charge in [0, 0.05) is 12.5 Å². The molecule has 0 aromatic carbocycles. The van der Waals surface area contributed by atoms with Crippen LogP contribution in [0.3, 0.4) is 0 Å². The number of nitrogens with zero attached hydrogens (tertiary/aromatic N) is 3. The molecular formula is C7H12N4. The first-order chi connectivity index (χ1) is 5.27. The Morgan fingerprint density at radius 1 is 1.55 bits per heavy atom. The Balaban J connectivity index is 2.34. The Hall–Kier alpha value is -1.06. The van der Waals surface area contributed by atoms with Crippen molar-refractivity contribution in [1.29, 1.82) is 0 Å². The Morgan fingerprint density at radius 3 is 3.00 bits per heavy atom. The molecule has 2 rings (SSSR count). The van der Waals surface area contributed by atoms with Gasteiger partial charge in [-0.3, -0.25) is 0 Å². The van der Waals surface area contributed by atoms with Crippen molar-refractivity contribution in [3.63, 3.8) is 0 Å². The first kappa shape index (κ1) is 6.64. The summed E-state index contributed by atoms with van der Waals surface area (Å²) in [5.74, 6) is 2.29. The predicted molar refractivity (Wildman–Crippen MR) is 42.6 cm³/mol. The highest BCUT2D eigenvalue weighted by Crippen LogP contribution is 2.15. The Kier molecular flexibility index (Phi) is 1.34. The van der Waals surface area contributed by atoms with Gasteiger partial charge in [-0.15, -0.1) is 0 Å². The Labute approximate surface area is 65.6 Å². The van der Waals surface area contributed by atoms with E-state index < -0.39 is 0 Å². The third-order valence-corrected chi connectivity index (χ3v) is 1.81. The molecule has 11 heavy (non-hydrogen) atoms. The molecule has 0 amide bonds. The van der Waals surface area contributed by atoms with E-state index in [-0.39, 0.29) is 0 Å². The highest BCUT2D eigenvalue weighted by Gasteiger charge is 2.15. The molecule has 4 nitrogen and oxygen atoms in total. The molecule has 0 aliphatic carbocycles. The first-order valence-electron chi connectivity index (χ1n) is 3.96. The highest BCUT2D eigenvalue weighted by atomic mass is 15.4. The molecule has 0 saturated carbocycles. The molecule has 0 saturated heterocycles. The van der Waals surface area contributed by atoms with Gasteiger partial charge in [-0.1, -0.05) is 13.8 Å². The number of hydrogen-bond acceptors (Lipinski definition) is 3. The number of hydrogen-bond donors (Lipinski definition) is 1. The zero-order valence-corrected chi connectivity index (χ0v) is 6.83. The molecule has 0 bridgehead atoms. The summed E-state index contributed by atoms with van der Waals surface area (Å²) in [5, 5.41) is 7.50. The first-order valence-corrected chi connectivity index (χ1v) is 3.96. The fourth-order valence-corrected chi connectivity index (χ4v) is 1.16. The van der Waals surface area contributed by atoms with Crippen molar-refractivity contribution in [2.24, 2.45) is 0 Å². The molecule has 1 N–H and O–H groups in total. The maximum absolute atomic E-state index is 4.33. The lowest BCUT2D eigenvalue weighted by Gasteiger charge is -1.95. The van der Waals surface area contributed by atoms with Crippen LogP contribution in [0.2, 0.25) is 0 Å². The van der Waals surface area contributed by atoms with Gasteiger partial charge in [0.15, 0.2) is 5.82 Å². The monoisotopic (exact) mass is 152 g/mol. The maximum Gasteiger partial charge on any atom is 0.221 e. The van der Waals surface area contributed by atoms with E-state index in [4.69, 9.17) is 0 Å². The summed E-state index contributed by atoms with van der Waals surface area (Å²) in [4.78, 5) is 4.33.